The number of para-hydroxylation sites is 1. The van der Waals surface area contributed by atoms with Crippen LogP contribution in [0.4, 0.5) is 10.5 Å². The number of nitrogens with zero attached hydrogens (tertiary/aromatic N) is 2. The van der Waals surface area contributed by atoms with Crippen molar-refractivity contribution in [3.8, 4) is 0 Å². The number of ether oxygens (including phenoxy) is 1. The number of hydrogen-bond acceptors (Lipinski definition) is 4. The Morgan fingerprint density at radius 1 is 1.13 bits per heavy atom. The Kier molecular flexibility index (Phi) is 8.09. The quantitative estimate of drug-likeness (QED) is 0.742. The lowest BCUT2D eigenvalue weighted by Crippen LogP contribution is -2.51. The van der Waals surface area contributed by atoms with Crippen LogP contribution in [-0.2, 0) is 14.3 Å². The third-order valence-corrected chi connectivity index (χ3v) is 5.82. The lowest BCUT2D eigenvalue weighted by molar-refractivity contribution is -0.133. The fourth-order valence-electron chi connectivity index (χ4n) is 3.72. The molecule has 1 atom stereocenters. The third-order valence-electron chi connectivity index (χ3n) is 5.82. The van der Waals surface area contributed by atoms with E-state index in [1.165, 1.54) is 0 Å². The minimum absolute atomic E-state index is 0.0245. The lowest BCUT2D eigenvalue weighted by Gasteiger charge is -2.40. The van der Waals surface area contributed by atoms with Crippen LogP contribution in [0, 0.1) is 11.3 Å². The molecule has 1 aliphatic heterocycles. The van der Waals surface area contributed by atoms with Crippen LogP contribution in [-0.4, -0.2) is 55.1 Å². The number of benzene rings is 1. The van der Waals surface area contributed by atoms with Crippen molar-refractivity contribution in [2.45, 2.75) is 59.5 Å². The molecule has 1 aromatic rings. The summed E-state index contributed by atoms with van der Waals surface area (Å²) in [5, 5.41) is 2.92. The number of carbonyl (C=O) groups is 3. The summed E-state index contributed by atoms with van der Waals surface area (Å²) in [6.45, 7) is 10.8. The maximum Gasteiger partial charge on any atom is 0.410 e. The molecule has 0 bridgehead atoms. The highest BCUT2D eigenvalue weighted by Gasteiger charge is 2.40. The first-order chi connectivity index (χ1) is 14.4. The Bertz CT molecular complexity index is 771. The number of likely N-dealkylation sites (tertiary alicyclic amines) is 1. The minimum atomic E-state index is -0.658. The molecule has 7 nitrogen and oxygen atoms in total. The van der Waals surface area contributed by atoms with E-state index in [0.29, 0.717) is 13.1 Å². The molecule has 0 saturated carbocycles. The second-order valence-corrected chi connectivity index (χ2v) is 9.78. The van der Waals surface area contributed by atoms with Gasteiger partial charge in [0.25, 0.3) is 0 Å². The summed E-state index contributed by atoms with van der Waals surface area (Å²) in [5.74, 6) is -0.131. The van der Waals surface area contributed by atoms with Gasteiger partial charge in [-0.05, 0) is 51.7 Å². The molecule has 0 radical (unpaired) electrons. The second-order valence-electron chi connectivity index (χ2n) is 9.78. The Labute approximate surface area is 186 Å². The molecule has 172 valence electrons. The van der Waals surface area contributed by atoms with Gasteiger partial charge in [-0.3, -0.25) is 9.59 Å². The Morgan fingerprint density at radius 2 is 1.77 bits per heavy atom. The molecule has 1 aliphatic rings. The van der Waals surface area contributed by atoms with Gasteiger partial charge in [-0.2, -0.15) is 0 Å². The highest BCUT2D eigenvalue weighted by atomic mass is 16.6. The van der Waals surface area contributed by atoms with Crippen molar-refractivity contribution in [2.75, 3.05) is 31.6 Å². The van der Waals surface area contributed by atoms with E-state index in [0.717, 1.165) is 18.5 Å². The summed E-state index contributed by atoms with van der Waals surface area (Å²) < 4.78 is 5.49. The van der Waals surface area contributed by atoms with Crippen molar-refractivity contribution in [3.05, 3.63) is 30.3 Å². The van der Waals surface area contributed by atoms with E-state index in [1.54, 1.807) is 16.8 Å². The fourth-order valence-corrected chi connectivity index (χ4v) is 3.72. The van der Waals surface area contributed by atoms with Crippen LogP contribution in [0.1, 0.15) is 53.9 Å². The second kappa shape index (κ2) is 10.2. The highest BCUT2D eigenvalue weighted by Crippen LogP contribution is 2.34. The van der Waals surface area contributed by atoms with E-state index in [1.807, 2.05) is 65.0 Å². The molecule has 7 heteroatoms. The van der Waals surface area contributed by atoms with E-state index >= 15 is 0 Å². The molecule has 1 heterocycles. The van der Waals surface area contributed by atoms with Gasteiger partial charge in [0.1, 0.15) is 5.60 Å². The summed E-state index contributed by atoms with van der Waals surface area (Å²) >= 11 is 0. The van der Waals surface area contributed by atoms with Crippen LogP contribution >= 0.6 is 0 Å². The number of nitrogens with one attached hydrogen (secondary N) is 1. The standard InChI is InChI=1S/C24H37N3O4/c1-23(2,3)31-22(30)27-16-10-11-18(17-27)24(4,5)21(29)25-15-14-20(28)26(6)19-12-8-7-9-13-19/h7-9,12-13,18H,10-11,14-17H2,1-6H3,(H,25,29)/t18-/m1/s1. The summed E-state index contributed by atoms with van der Waals surface area (Å²) in [4.78, 5) is 41.1. The first kappa shape index (κ1) is 24.7. The Balaban J connectivity index is 1.87. The number of amides is 3. The molecule has 31 heavy (non-hydrogen) atoms. The first-order valence-corrected chi connectivity index (χ1v) is 11.0. The normalized spacial score (nSPS) is 17.1. The summed E-state index contributed by atoms with van der Waals surface area (Å²) in [5.41, 5.74) is -0.380. The topological polar surface area (TPSA) is 79.0 Å². The number of piperidine rings is 1. The summed E-state index contributed by atoms with van der Waals surface area (Å²) in [6, 6.07) is 9.42. The van der Waals surface area contributed by atoms with Gasteiger partial charge in [0.15, 0.2) is 0 Å². The number of carbonyl (C=O) groups excluding carboxylic acids is 3. The SMILES string of the molecule is CN(C(=O)CCNC(=O)C(C)(C)[C@@H]1CCCN(C(=O)OC(C)(C)C)C1)c1ccccc1. The zero-order valence-corrected chi connectivity index (χ0v) is 19.7. The zero-order valence-electron chi connectivity index (χ0n) is 19.7. The molecular formula is C24H37N3O4. The Morgan fingerprint density at radius 3 is 2.39 bits per heavy atom. The largest absolute Gasteiger partial charge is 0.444 e. The van der Waals surface area contributed by atoms with E-state index in [9.17, 15) is 14.4 Å². The monoisotopic (exact) mass is 431 g/mol. The average molecular weight is 432 g/mol. The molecule has 0 unspecified atom stereocenters. The average Bonchev–Trinajstić information content (AvgIpc) is 2.72. The first-order valence-electron chi connectivity index (χ1n) is 11.0. The van der Waals surface area contributed by atoms with Crippen molar-refractivity contribution in [1.82, 2.24) is 10.2 Å². The van der Waals surface area contributed by atoms with Crippen molar-refractivity contribution < 1.29 is 19.1 Å². The molecule has 0 spiro atoms. The smallest absolute Gasteiger partial charge is 0.410 e. The number of hydrogen-bond donors (Lipinski definition) is 1. The molecule has 1 saturated heterocycles. The van der Waals surface area contributed by atoms with Gasteiger partial charge < -0.3 is 19.9 Å². The molecule has 1 fully saturated rings. The van der Waals surface area contributed by atoms with Gasteiger partial charge in [-0.25, -0.2) is 4.79 Å². The lowest BCUT2D eigenvalue weighted by atomic mass is 9.74. The van der Waals surface area contributed by atoms with Crippen molar-refractivity contribution in [3.63, 3.8) is 0 Å². The molecule has 2 rings (SSSR count). The summed E-state index contributed by atoms with van der Waals surface area (Å²) in [7, 11) is 1.73. The number of anilines is 1. The van der Waals surface area contributed by atoms with E-state index in [-0.39, 0.29) is 36.8 Å². The molecule has 0 aliphatic carbocycles. The van der Waals surface area contributed by atoms with Crippen LogP contribution in [0.3, 0.4) is 0 Å². The van der Waals surface area contributed by atoms with Crippen LogP contribution in [0.15, 0.2) is 30.3 Å². The molecular weight excluding hydrogens is 394 g/mol. The number of rotatable bonds is 6. The highest BCUT2D eigenvalue weighted by molar-refractivity contribution is 5.93. The fraction of sp³-hybridized carbons (Fsp3) is 0.625. The third kappa shape index (κ3) is 6.97. The van der Waals surface area contributed by atoms with Crippen LogP contribution in [0.25, 0.3) is 0 Å². The predicted octanol–water partition coefficient (Wildman–Crippen LogP) is 3.83. The minimum Gasteiger partial charge on any atom is -0.444 e. The van der Waals surface area contributed by atoms with Crippen molar-refractivity contribution >= 4 is 23.6 Å². The summed E-state index contributed by atoms with van der Waals surface area (Å²) in [6.07, 6.45) is 1.60. The van der Waals surface area contributed by atoms with Gasteiger partial charge in [0.05, 0.1) is 0 Å². The van der Waals surface area contributed by atoms with Crippen LogP contribution < -0.4 is 10.2 Å². The van der Waals surface area contributed by atoms with E-state index in [4.69, 9.17) is 4.74 Å². The Hall–Kier alpha value is -2.57. The predicted molar refractivity (Wildman–Crippen MR) is 122 cm³/mol. The van der Waals surface area contributed by atoms with Gasteiger partial charge in [-0.1, -0.05) is 32.0 Å². The van der Waals surface area contributed by atoms with Gasteiger partial charge >= 0.3 is 6.09 Å². The molecule has 3 amide bonds. The molecule has 1 aromatic carbocycles. The van der Waals surface area contributed by atoms with Crippen molar-refractivity contribution in [1.29, 1.82) is 0 Å². The maximum absolute atomic E-state index is 12.9. The molecule has 1 N–H and O–H groups in total. The zero-order chi connectivity index (χ0) is 23.2. The van der Waals surface area contributed by atoms with Crippen LogP contribution in [0.5, 0.6) is 0 Å². The van der Waals surface area contributed by atoms with Crippen molar-refractivity contribution in [2.24, 2.45) is 11.3 Å². The van der Waals surface area contributed by atoms with Gasteiger partial charge in [0.2, 0.25) is 11.8 Å². The van der Waals surface area contributed by atoms with E-state index < -0.39 is 11.0 Å². The van der Waals surface area contributed by atoms with Crippen LogP contribution in [0.2, 0.25) is 0 Å². The maximum atomic E-state index is 12.9. The van der Waals surface area contributed by atoms with Gasteiger partial charge in [0, 0.05) is 44.2 Å². The van der Waals surface area contributed by atoms with E-state index in [2.05, 4.69) is 5.32 Å². The molecule has 0 aromatic heterocycles. The van der Waals surface area contributed by atoms with Gasteiger partial charge in [-0.15, -0.1) is 0 Å².